The number of nitrogens with one attached hydrogen (secondary N) is 1. The van der Waals surface area contributed by atoms with E-state index in [4.69, 9.17) is 4.98 Å². The summed E-state index contributed by atoms with van der Waals surface area (Å²) in [7, 11) is 1.82. The molecule has 2 aliphatic heterocycles. The van der Waals surface area contributed by atoms with Gasteiger partial charge < -0.3 is 14.8 Å². The monoisotopic (exact) mass is 455 g/mol. The van der Waals surface area contributed by atoms with Gasteiger partial charge in [0.25, 0.3) is 0 Å². The molecule has 0 aromatic carbocycles. The van der Waals surface area contributed by atoms with Gasteiger partial charge in [0, 0.05) is 68.2 Å². The van der Waals surface area contributed by atoms with Crippen LogP contribution in [0.2, 0.25) is 0 Å². The van der Waals surface area contributed by atoms with Gasteiger partial charge in [-0.1, -0.05) is 0 Å². The number of nitrogens with zero attached hydrogens (tertiary/aromatic N) is 6. The fraction of sp³-hybridized carbons (Fsp3) is 0.320. The van der Waals surface area contributed by atoms with Gasteiger partial charge in [-0.15, -0.1) is 0 Å². The molecule has 0 saturated carbocycles. The van der Waals surface area contributed by atoms with Crippen LogP contribution in [0.1, 0.15) is 25.3 Å². The molecule has 0 aliphatic carbocycles. The Bertz CT molecular complexity index is 1440. The van der Waals surface area contributed by atoms with E-state index in [1.54, 1.807) is 18.0 Å². The number of carbonyl (C=O) groups excluding carboxylic acids is 2. The predicted molar refractivity (Wildman–Crippen MR) is 129 cm³/mol. The van der Waals surface area contributed by atoms with Crippen LogP contribution in [0.5, 0.6) is 0 Å². The summed E-state index contributed by atoms with van der Waals surface area (Å²) in [4.78, 5) is 48.0. The summed E-state index contributed by atoms with van der Waals surface area (Å²) >= 11 is 0. The molecule has 2 aliphatic rings. The number of aromatic amines is 1. The Morgan fingerprint density at radius 2 is 1.97 bits per heavy atom. The summed E-state index contributed by atoms with van der Waals surface area (Å²) in [6.45, 7) is 3.38. The first-order valence-corrected chi connectivity index (χ1v) is 11.5. The molecule has 4 aromatic rings. The van der Waals surface area contributed by atoms with E-state index in [2.05, 4.69) is 15.0 Å². The predicted octanol–water partition coefficient (Wildman–Crippen LogP) is 3.56. The van der Waals surface area contributed by atoms with Crippen LogP contribution in [-0.2, 0) is 11.3 Å². The van der Waals surface area contributed by atoms with Gasteiger partial charge >= 0.3 is 6.03 Å². The number of piperidine rings is 1. The number of aromatic nitrogens is 4. The molecule has 6 heterocycles. The maximum atomic E-state index is 13.4. The molecule has 0 spiro atoms. The zero-order chi connectivity index (χ0) is 23.4. The van der Waals surface area contributed by atoms with Crippen LogP contribution >= 0.6 is 0 Å². The Kier molecular flexibility index (Phi) is 4.72. The number of likely N-dealkylation sites (tertiary alicyclic amines) is 1. The number of pyridine rings is 3. The third-order valence-electron chi connectivity index (χ3n) is 6.94. The second-order valence-electron chi connectivity index (χ2n) is 9.04. The molecule has 3 amide bonds. The van der Waals surface area contributed by atoms with Gasteiger partial charge in [-0.2, -0.15) is 0 Å². The molecule has 0 atom stereocenters. The fourth-order valence-corrected chi connectivity index (χ4v) is 5.17. The molecule has 1 fully saturated rings. The van der Waals surface area contributed by atoms with E-state index >= 15 is 0 Å². The Labute approximate surface area is 196 Å². The van der Waals surface area contributed by atoms with E-state index in [0.717, 1.165) is 57.4 Å². The number of carbonyl (C=O) groups is 2. The van der Waals surface area contributed by atoms with Crippen molar-refractivity contribution in [3.05, 3.63) is 48.4 Å². The van der Waals surface area contributed by atoms with Crippen molar-refractivity contribution in [3.63, 3.8) is 0 Å². The second-order valence-corrected chi connectivity index (χ2v) is 9.04. The summed E-state index contributed by atoms with van der Waals surface area (Å²) in [5, 5.41) is 0.997. The Morgan fingerprint density at radius 1 is 1.15 bits per heavy atom. The highest BCUT2D eigenvalue weighted by molar-refractivity contribution is 6.04. The van der Waals surface area contributed by atoms with Crippen molar-refractivity contribution in [2.24, 2.45) is 0 Å². The molecule has 1 saturated heterocycles. The molecule has 1 N–H and O–H groups in total. The van der Waals surface area contributed by atoms with Crippen LogP contribution < -0.4 is 4.90 Å². The minimum Gasteiger partial charge on any atom is -0.345 e. The lowest BCUT2D eigenvalue weighted by atomic mass is 9.99. The van der Waals surface area contributed by atoms with E-state index in [-0.39, 0.29) is 18.0 Å². The molecule has 4 aromatic heterocycles. The Morgan fingerprint density at radius 3 is 2.76 bits per heavy atom. The molecule has 0 unspecified atom stereocenters. The number of urea groups is 1. The highest BCUT2D eigenvalue weighted by Crippen LogP contribution is 2.38. The summed E-state index contributed by atoms with van der Waals surface area (Å²) in [6, 6.07) is 7.82. The summed E-state index contributed by atoms with van der Waals surface area (Å²) < 4.78 is 0. The molecular formula is C25H25N7O2. The van der Waals surface area contributed by atoms with Gasteiger partial charge in [-0.3, -0.25) is 14.7 Å². The van der Waals surface area contributed by atoms with Gasteiger partial charge in [-0.25, -0.2) is 14.8 Å². The first-order valence-electron chi connectivity index (χ1n) is 11.5. The first kappa shape index (κ1) is 20.6. The molecular weight excluding hydrogens is 430 g/mol. The van der Waals surface area contributed by atoms with Crippen molar-refractivity contribution < 1.29 is 9.59 Å². The number of amides is 3. The van der Waals surface area contributed by atoms with Crippen molar-refractivity contribution in [2.75, 3.05) is 25.0 Å². The topological polar surface area (TPSA) is 98.3 Å². The minimum absolute atomic E-state index is 0.00190. The third-order valence-corrected chi connectivity index (χ3v) is 6.94. The van der Waals surface area contributed by atoms with Gasteiger partial charge in [0.1, 0.15) is 11.2 Å². The molecule has 9 heteroatoms. The van der Waals surface area contributed by atoms with Gasteiger partial charge in [0.2, 0.25) is 5.91 Å². The number of fused-ring (bicyclic) bond motifs is 4. The van der Waals surface area contributed by atoms with Crippen LogP contribution in [0.15, 0.2) is 42.9 Å². The first-order chi connectivity index (χ1) is 16.5. The summed E-state index contributed by atoms with van der Waals surface area (Å²) in [6.07, 6.45) is 7.00. The lowest BCUT2D eigenvalue weighted by molar-refractivity contribution is -0.129. The van der Waals surface area contributed by atoms with Gasteiger partial charge in [0.05, 0.1) is 23.4 Å². The minimum atomic E-state index is -0.0372. The van der Waals surface area contributed by atoms with Crippen molar-refractivity contribution in [1.82, 2.24) is 29.7 Å². The van der Waals surface area contributed by atoms with Crippen LogP contribution in [-0.4, -0.2) is 67.9 Å². The zero-order valence-electron chi connectivity index (χ0n) is 19.2. The average Bonchev–Trinajstić information content (AvgIpc) is 3.29. The largest absolute Gasteiger partial charge is 0.345 e. The number of hydrogen-bond acceptors (Lipinski definition) is 5. The quantitative estimate of drug-likeness (QED) is 0.498. The highest BCUT2D eigenvalue weighted by atomic mass is 16.2. The van der Waals surface area contributed by atoms with Crippen LogP contribution in [0, 0.1) is 0 Å². The zero-order valence-corrected chi connectivity index (χ0v) is 19.2. The lowest BCUT2D eigenvalue weighted by Gasteiger charge is -2.43. The molecule has 172 valence electrons. The van der Waals surface area contributed by atoms with Crippen LogP contribution in [0.25, 0.3) is 33.3 Å². The molecule has 34 heavy (non-hydrogen) atoms. The fourth-order valence-electron chi connectivity index (χ4n) is 5.17. The van der Waals surface area contributed by atoms with Crippen molar-refractivity contribution in [1.29, 1.82) is 0 Å². The van der Waals surface area contributed by atoms with E-state index < -0.39 is 0 Å². The molecule has 0 radical (unpaired) electrons. The van der Waals surface area contributed by atoms with E-state index in [9.17, 15) is 9.59 Å². The molecule has 9 nitrogen and oxygen atoms in total. The standard InChI is InChI=1S/C25H25N7O2/c1-15(33)31-10-7-17(8-11-31)32-23-16(14-30(2)25(32)34)12-27-21-6-5-20(29-22(21)23)19-13-28-24-18(19)4-3-9-26-24/h3-6,9,12-13,17H,7-8,10-11,14H2,1-2H3,(H,26,28). The molecule has 6 rings (SSSR count). The lowest BCUT2D eigenvalue weighted by Crippen LogP contribution is -2.54. The highest BCUT2D eigenvalue weighted by Gasteiger charge is 2.37. The number of hydrogen-bond donors (Lipinski definition) is 1. The van der Waals surface area contributed by atoms with Crippen molar-refractivity contribution in [2.45, 2.75) is 32.4 Å². The van der Waals surface area contributed by atoms with E-state index in [0.29, 0.717) is 19.6 Å². The number of anilines is 1. The maximum Gasteiger partial charge on any atom is 0.324 e. The number of rotatable bonds is 2. The summed E-state index contributed by atoms with van der Waals surface area (Å²) in [5.74, 6) is 0.0788. The smallest absolute Gasteiger partial charge is 0.324 e. The van der Waals surface area contributed by atoms with E-state index in [1.807, 2.05) is 53.5 Å². The van der Waals surface area contributed by atoms with Gasteiger partial charge in [0.15, 0.2) is 0 Å². The third kappa shape index (κ3) is 3.19. The van der Waals surface area contributed by atoms with E-state index in [1.165, 1.54) is 0 Å². The Hall–Kier alpha value is -4.01. The average molecular weight is 456 g/mol. The van der Waals surface area contributed by atoms with Crippen LogP contribution in [0.4, 0.5) is 10.5 Å². The van der Waals surface area contributed by atoms with Crippen LogP contribution in [0.3, 0.4) is 0 Å². The second kappa shape index (κ2) is 7.79. The Balaban J connectivity index is 1.49. The van der Waals surface area contributed by atoms with Crippen molar-refractivity contribution >= 4 is 39.7 Å². The normalized spacial score (nSPS) is 17.0. The number of H-pyrrole nitrogens is 1. The molecule has 0 bridgehead atoms. The van der Waals surface area contributed by atoms with Gasteiger partial charge in [-0.05, 0) is 37.1 Å². The summed E-state index contributed by atoms with van der Waals surface area (Å²) in [5.41, 5.74) is 5.88. The maximum absolute atomic E-state index is 13.4. The SMILES string of the molecule is CC(=O)N1CCC(N2C(=O)N(C)Cc3cnc4ccc(-c5c[nH]c6ncccc56)nc4c32)CC1. The van der Waals surface area contributed by atoms with Crippen molar-refractivity contribution in [3.8, 4) is 11.3 Å².